The van der Waals surface area contributed by atoms with Gasteiger partial charge in [-0.2, -0.15) is 0 Å². The van der Waals surface area contributed by atoms with E-state index in [1.165, 1.54) is 6.07 Å². The van der Waals surface area contributed by atoms with Crippen LogP contribution in [-0.4, -0.2) is 22.1 Å². The molecule has 4 nitrogen and oxygen atoms in total. The van der Waals surface area contributed by atoms with E-state index in [1.54, 1.807) is 25.6 Å². The Hall–Kier alpha value is -3.28. The maximum absolute atomic E-state index is 13.9. The van der Waals surface area contributed by atoms with Crippen LogP contribution in [0.15, 0.2) is 54.9 Å². The standard InChI is InChI=1S/C19H13F2N3O/c1-25-17-5-3-2-4-12(17)16-6-7-22-19(24-16)14-10-23-18-13(14)8-11(20)9-15(18)21/h2-10,23H,1H3. The number of halogens is 2. The van der Waals surface area contributed by atoms with Gasteiger partial charge >= 0.3 is 0 Å². The molecule has 1 N–H and O–H groups in total. The van der Waals surface area contributed by atoms with E-state index in [1.807, 2.05) is 24.3 Å². The lowest BCUT2D eigenvalue weighted by Gasteiger charge is -2.08. The zero-order valence-corrected chi connectivity index (χ0v) is 13.3. The van der Waals surface area contributed by atoms with Crippen LogP contribution in [0, 0.1) is 11.6 Å². The van der Waals surface area contributed by atoms with Gasteiger partial charge in [-0.25, -0.2) is 18.7 Å². The van der Waals surface area contributed by atoms with Crippen molar-refractivity contribution < 1.29 is 13.5 Å². The molecular weight excluding hydrogens is 324 g/mol. The Morgan fingerprint density at radius 2 is 1.88 bits per heavy atom. The van der Waals surface area contributed by atoms with Crippen molar-refractivity contribution in [2.45, 2.75) is 0 Å². The molecule has 0 bridgehead atoms. The Labute approximate surface area is 142 Å². The van der Waals surface area contributed by atoms with Crippen LogP contribution in [0.5, 0.6) is 5.75 Å². The first-order valence-electron chi connectivity index (χ1n) is 7.60. The molecule has 0 aliphatic rings. The second-order valence-corrected chi connectivity index (χ2v) is 5.48. The van der Waals surface area contributed by atoms with Crippen molar-refractivity contribution in [3.8, 4) is 28.4 Å². The molecule has 0 saturated heterocycles. The van der Waals surface area contributed by atoms with Gasteiger partial charge in [0.25, 0.3) is 0 Å². The minimum Gasteiger partial charge on any atom is -0.496 e. The molecule has 4 rings (SSSR count). The van der Waals surface area contributed by atoms with E-state index in [-0.39, 0.29) is 5.52 Å². The second-order valence-electron chi connectivity index (χ2n) is 5.48. The smallest absolute Gasteiger partial charge is 0.161 e. The predicted octanol–water partition coefficient (Wildman–Crippen LogP) is 4.58. The van der Waals surface area contributed by atoms with Crippen LogP contribution >= 0.6 is 0 Å². The highest BCUT2D eigenvalue weighted by molar-refractivity contribution is 5.94. The summed E-state index contributed by atoms with van der Waals surface area (Å²) in [6, 6.07) is 11.4. The van der Waals surface area contributed by atoms with Gasteiger partial charge < -0.3 is 9.72 Å². The molecule has 0 amide bonds. The summed E-state index contributed by atoms with van der Waals surface area (Å²) in [6.07, 6.45) is 3.19. The van der Waals surface area contributed by atoms with Gasteiger partial charge in [0.2, 0.25) is 0 Å². The maximum Gasteiger partial charge on any atom is 0.161 e. The number of methoxy groups -OCH3 is 1. The topological polar surface area (TPSA) is 50.8 Å². The third-order valence-corrected chi connectivity index (χ3v) is 3.99. The summed E-state index contributed by atoms with van der Waals surface area (Å²) in [5.41, 5.74) is 2.23. The highest BCUT2D eigenvalue weighted by Crippen LogP contribution is 2.32. The Morgan fingerprint density at radius 1 is 1.04 bits per heavy atom. The first-order valence-corrected chi connectivity index (χ1v) is 7.60. The maximum atomic E-state index is 13.9. The average Bonchev–Trinajstić information content (AvgIpc) is 3.06. The van der Waals surface area contributed by atoms with Crippen molar-refractivity contribution in [2.24, 2.45) is 0 Å². The van der Waals surface area contributed by atoms with Crippen LogP contribution in [0.4, 0.5) is 8.78 Å². The molecule has 4 aromatic rings. The Bertz CT molecular complexity index is 1080. The largest absolute Gasteiger partial charge is 0.496 e. The first kappa shape index (κ1) is 15.3. The number of nitrogens with one attached hydrogen (secondary N) is 1. The lowest BCUT2D eigenvalue weighted by atomic mass is 10.1. The fraction of sp³-hybridized carbons (Fsp3) is 0.0526. The van der Waals surface area contributed by atoms with E-state index >= 15 is 0 Å². The van der Waals surface area contributed by atoms with Crippen LogP contribution in [0.1, 0.15) is 0 Å². The van der Waals surface area contributed by atoms with Gasteiger partial charge in [-0.05, 0) is 24.3 Å². The summed E-state index contributed by atoms with van der Waals surface area (Å²) < 4.78 is 32.9. The molecule has 124 valence electrons. The Morgan fingerprint density at radius 3 is 2.72 bits per heavy atom. The lowest BCUT2D eigenvalue weighted by Crippen LogP contribution is -1.93. The van der Waals surface area contributed by atoms with E-state index in [4.69, 9.17) is 4.74 Å². The van der Waals surface area contributed by atoms with Crippen LogP contribution in [-0.2, 0) is 0 Å². The molecule has 0 fully saturated rings. The fourth-order valence-electron chi connectivity index (χ4n) is 2.83. The van der Waals surface area contributed by atoms with E-state index in [0.717, 1.165) is 11.6 Å². The van der Waals surface area contributed by atoms with Crippen LogP contribution in [0.2, 0.25) is 0 Å². The molecule has 0 aliphatic heterocycles. The molecule has 0 unspecified atom stereocenters. The van der Waals surface area contributed by atoms with Crippen molar-refractivity contribution in [1.82, 2.24) is 15.0 Å². The number of hydrogen-bond acceptors (Lipinski definition) is 3. The van der Waals surface area contributed by atoms with Gasteiger partial charge in [-0.15, -0.1) is 0 Å². The van der Waals surface area contributed by atoms with Crippen LogP contribution in [0.25, 0.3) is 33.5 Å². The monoisotopic (exact) mass is 337 g/mol. The lowest BCUT2D eigenvalue weighted by molar-refractivity contribution is 0.416. The predicted molar refractivity (Wildman–Crippen MR) is 91.2 cm³/mol. The van der Waals surface area contributed by atoms with Gasteiger partial charge in [0.15, 0.2) is 5.82 Å². The van der Waals surface area contributed by atoms with E-state index < -0.39 is 11.6 Å². The molecule has 2 aromatic heterocycles. The molecule has 0 aliphatic carbocycles. The summed E-state index contributed by atoms with van der Waals surface area (Å²) in [5.74, 6) is -0.239. The highest BCUT2D eigenvalue weighted by Gasteiger charge is 2.15. The summed E-state index contributed by atoms with van der Waals surface area (Å²) in [7, 11) is 1.59. The quantitative estimate of drug-likeness (QED) is 0.595. The number of aromatic amines is 1. The number of aromatic nitrogens is 3. The molecule has 25 heavy (non-hydrogen) atoms. The molecular formula is C19H13F2N3O. The van der Waals surface area contributed by atoms with Crippen molar-refractivity contribution in [3.63, 3.8) is 0 Å². The number of nitrogens with zero attached hydrogens (tertiary/aromatic N) is 2. The second kappa shape index (κ2) is 5.98. The van der Waals surface area contributed by atoms with Gasteiger partial charge in [0.05, 0.1) is 18.3 Å². The van der Waals surface area contributed by atoms with Crippen molar-refractivity contribution in [2.75, 3.05) is 7.11 Å². The molecule has 6 heteroatoms. The Balaban J connectivity index is 1.88. The summed E-state index contributed by atoms with van der Waals surface area (Å²) in [6.45, 7) is 0. The average molecular weight is 337 g/mol. The third kappa shape index (κ3) is 2.61. The minimum absolute atomic E-state index is 0.225. The number of hydrogen-bond donors (Lipinski definition) is 1. The number of benzene rings is 2. The first-order chi connectivity index (χ1) is 12.2. The fourth-order valence-corrected chi connectivity index (χ4v) is 2.83. The number of fused-ring (bicyclic) bond motifs is 1. The number of para-hydroxylation sites is 1. The Kier molecular flexibility index (Phi) is 3.65. The molecule has 0 atom stereocenters. The minimum atomic E-state index is -0.651. The number of H-pyrrole nitrogens is 1. The van der Waals surface area contributed by atoms with E-state index in [9.17, 15) is 8.78 Å². The summed E-state index contributed by atoms with van der Waals surface area (Å²) >= 11 is 0. The van der Waals surface area contributed by atoms with Gasteiger partial charge in [-0.3, -0.25) is 0 Å². The van der Waals surface area contributed by atoms with Crippen molar-refractivity contribution in [1.29, 1.82) is 0 Å². The highest BCUT2D eigenvalue weighted by atomic mass is 19.1. The zero-order valence-electron chi connectivity index (χ0n) is 13.3. The third-order valence-electron chi connectivity index (χ3n) is 3.99. The molecule has 0 radical (unpaired) electrons. The van der Waals surface area contributed by atoms with Gasteiger partial charge in [0, 0.05) is 35.0 Å². The molecule has 0 saturated carbocycles. The van der Waals surface area contributed by atoms with Crippen molar-refractivity contribution in [3.05, 3.63) is 66.5 Å². The SMILES string of the molecule is COc1ccccc1-c1ccnc(-c2c[nH]c3c(F)cc(F)cc23)n1. The summed E-state index contributed by atoms with van der Waals surface area (Å²) in [5, 5.41) is 0.398. The molecule has 2 heterocycles. The van der Waals surface area contributed by atoms with E-state index in [0.29, 0.717) is 28.2 Å². The normalized spacial score (nSPS) is 11.0. The summed E-state index contributed by atoms with van der Waals surface area (Å²) in [4.78, 5) is 11.6. The van der Waals surface area contributed by atoms with Gasteiger partial charge in [-0.1, -0.05) is 12.1 Å². The number of ether oxygens (including phenoxy) is 1. The van der Waals surface area contributed by atoms with Crippen molar-refractivity contribution >= 4 is 10.9 Å². The molecule has 0 spiro atoms. The van der Waals surface area contributed by atoms with Crippen LogP contribution < -0.4 is 4.74 Å². The van der Waals surface area contributed by atoms with Crippen LogP contribution in [0.3, 0.4) is 0 Å². The molecule has 2 aromatic carbocycles. The van der Waals surface area contributed by atoms with Gasteiger partial charge in [0.1, 0.15) is 17.4 Å². The zero-order chi connectivity index (χ0) is 17.4. The van der Waals surface area contributed by atoms with E-state index in [2.05, 4.69) is 15.0 Å². The number of rotatable bonds is 3.